The number of rotatable bonds is 8. The third-order valence-electron chi connectivity index (χ3n) is 4.24. The highest BCUT2D eigenvalue weighted by Gasteiger charge is 2.18. The second-order valence-corrected chi connectivity index (χ2v) is 6.76. The topological polar surface area (TPSA) is 54.8 Å². The molecule has 0 unspecified atom stereocenters. The molecule has 144 valence electrons. The lowest BCUT2D eigenvalue weighted by Gasteiger charge is -2.18. The van der Waals surface area contributed by atoms with Crippen LogP contribution in [0.3, 0.4) is 0 Å². The summed E-state index contributed by atoms with van der Waals surface area (Å²) < 4.78 is 16.4. The summed E-state index contributed by atoms with van der Waals surface area (Å²) in [5.41, 5.74) is 3.76. The predicted molar refractivity (Wildman–Crippen MR) is 116 cm³/mol. The van der Waals surface area contributed by atoms with E-state index in [0.717, 1.165) is 27.3 Å². The Hall–Kier alpha value is -2.60. The van der Waals surface area contributed by atoms with E-state index in [1.54, 1.807) is 39.2 Å². The van der Waals surface area contributed by atoms with Crippen LogP contribution in [0.5, 0.6) is 17.2 Å². The monoisotopic (exact) mass is 386 g/mol. The molecule has 6 heteroatoms. The van der Waals surface area contributed by atoms with Gasteiger partial charge in [-0.25, -0.2) is 0 Å². The van der Waals surface area contributed by atoms with E-state index in [9.17, 15) is 0 Å². The molecule has 2 aromatic carbocycles. The molecule has 0 aliphatic rings. The fraction of sp³-hybridized carbons (Fsp3) is 0.286. The molecule has 1 N–H and O–H groups in total. The molecule has 0 heterocycles. The van der Waals surface area contributed by atoms with Gasteiger partial charge in [0, 0.05) is 48.1 Å². The lowest BCUT2D eigenvalue weighted by atomic mass is 10.0. The van der Waals surface area contributed by atoms with Crippen molar-refractivity contribution in [1.82, 2.24) is 0 Å². The summed E-state index contributed by atoms with van der Waals surface area (Å²) in [5, 5.41) is 8.02. The Kier molecular flexibility index (Phi) is 7.19. The smallest absolute Gasteiger partial charge is 0.164 e. The number of benzene rings is 2. The van der Waals surface area contributed by atoms with Crippen LogP contribution in [0.25, 0.3) is 10.5 Å². The van der Waals surface area contributed by atoms with Gasteiger partial charge in [-0.1, -0.05) is 12.1 Å². The largest absolute Gasteiger partial charge is 0.496 e. The minimum absolute atomic E-state index is 0.602. The van der Waals surface area contributed by atoms with Gasteiger partial charge in [-0.05, 0) is 30.0 Å². The Morgan fingerprint density at radius 2 is 1.48 bits per heavy atom. The van der Waals surface area contributed by atoms with Crippen LogP contribution in [0.1, 0.15) is 11.1 Å². The van der Waals surface area contributed by atoms with E-state index in [1.807, 2.05) is 55.6 Å². The zero-order valence-corrected chi connectivity index (χ0v) is 17.4. The zero-order chi connectivity index (χ0) is 20.0. The Bertz CT molecular complexity index is 830. The molecule has 0 spiro atoms. The van der Waals surface area contributed by atoms with Gasteiger partial charge in [0.1, 0.15) is 5.75 Å². The van der Waals surface area contributed by atoms with Gasteiger partial charge in [0.15, 0.2) is 11.5 Å². The van der Waals surface area contributed by atoms with Crippen LogP contribution in [-0.4, -0.2) is 47.9 Å². The average Bonchev–Trinajstić information content (AvgIpc) is 2.71. The van der Waals surface area contributed by atoms with E-state index in [-0.39, 0.29) is 0 Å². The molecule has 0 bridgehead atoms. The Morgan fingerprint density at radius 3 is 1.93 bits per heavy atom. The number of hydrogen-bond acceptors (Lipinski definition) is 6. The molecule has 0 fully saturated rings. The fourth-order valence-corrected chi connectivity index (χ4v) is 3.57. The SMILES string of the molecule is COc1cc(OC)c(/C(SC)=C(/C=N)c2ccc(N(C)C)cc2)cc1OC. The van der Waals surface area contributed by atoms with Crippen molar-refractivity contribution >= 4 is 34.1 Å². The van der Waals surface area contributed by atoms with Crippen molar-refractivity contribution in [3.05, 3.63) is 47.5 Å². The van der Waals surface area contributed by atoms with E-state index in [4.69, 9.17) is 19.6 Å². The molecule has 0 aromatic heterocycles. The summed E-state index contributed by atoms with van der Waals surface area (Å²) in [6, 6.07) is 11.8. The van der Waals surface area contributed by atoms with Crippen LogP contribution in [0, 0.1) is 5.41 Å². The third-order valence-corrected chi connectivity index (χ3v) is 5.09. The number of thioether (sulfide) groups is 1. The second-order valence-electron chi connectivity index (χ2n) is 5.94. The molecule has 2 aromatic rings. The highest BCUT2D eigenvalue weighted by Crippen LogP contribution is 2.43. The van der Waals surface area contributed by atoms with Gasteiger partial charge >= 0.3 is 0 Å². The predicted octanol–water partition coefficient (Wildman–Crippen LogP) is 4.66. The van der Waals surface area contributed by atoms with E-state index in [1.165, 1.54) is 6.21 Å². The molecule has 0 saturated heterocycles. The summed E-state index contributed by atoms with van der Waals surface area (Å²) >= 11 is 1.56. The second kappa shape index (κ2) is 9.37. The summed E-state index contributed by atoms with van der Waals surface area (Å²) in [6.07, 6.45) is 3.37. The number of allylic oxidation sites excluding steroid dienone is 1. The molecule has 5 nitrogen and oxygen atoms in total. The van der Waals surface area contributed by atoms with Gasteiger partial charge in [-0.15, -0.1) is 11.8 Å². The van der Waals surface area contributed by atoms with Crippen LogP contribution in [0.15, 0.2) is 36.4 Å². The average molecular weight is 387 g/mol. The van der Waals surface area contributed by atoms with Crippen molar-refractivity contribution in [1.29, 1.82) is 5.41 Å². The van der Waals surface area contributed by atoms with Gasteiger partial charge in [0.2, 0.25) is 0 Å². The molecule has 27 heavy (non-hydrogen) atoms. The molecule has 0 atom stereocenters. The van der Waals surface area contributed by atoms with Gasteiger partial charge in [-0.3, -0.25) is 0 Å². The van der Waals surface area contributed by atoms with E-state index in [0.29, 0.717) is 17.2 Å². The lowest BCUT2D eigenvalue weighted by molar-refractivity contribution is 0.348. The van der Waals surface area contributed by atoms with Crippen LogP contribution >= 0.6 is 11.8 Å². The number of nitrogens with zero attached hydrogens (tertiary/aromatic N) is 1. The number of hydrogen-bond donors (Lipinski definition) is 1. The molecular weight excluding hydrogens is 360 g/mol. The van der Waals surface area contributed by atoms with Crippen LogP contribution < -0.4 is 19.1 Å². The van der Waals surface area contributed by atoms with Crippen molar-refractivity contribution in [2.75, 3.05) is 46.6 Å². The first-order valence-corrected chi connectivity index (χ1v) is 9.60. The molecule has 0 aliphatic heterocycles. The summed E-state index contributed by atoms with van der Waals surface area (Å²) in [7, 11) is 8.83. The highest BCUT2D eigenvalue weighted by atomic mass is 32.2. The van der Waals surface area contributed by atoms with Crippen molar-refractivity contribution < 1.29 is 14.2 Å². The summed E-state index contributed by atoms with van der Waals surface area (Å²) in [6.45, 7) is 0. The lowest BCUT2D eigenvalue weighted by Crippen LogP contribution is -2.08. The maximum absolute atomic E-state index is 8.02. The standard InChI is InChI=1S/C21H26N2O3S/c1-23(2)15-9-7-14(8-10-15)17(13-22)21(27-6)16-11-19(25-4)20(26-5)12-18(16)24-3/h7-13,22H,1-6H3/b21-17+,22-13?. The highest BCUT2D eigenvalue weighted by molar-refractivity contribution is 8.08. The maximum Gasteiger partial charge on any atom is 0.164 e. The van der Waals surface area contributed by atoms with Crippen LogP contribution in [0.2, 0.25) is 0 Å². The van der Waals surface area contributed by atoms with E-state index >= 15 is 0 Å². The Balaban J connectivity index is 2.68. The third kappa shape index (κ3) is 4.39. The minimum Gasteiger partial charge on any atom is -0.496 e. The maximum atomic E-state index is 8.02. The van der Waals surface area contributed by atoms with Crippen LogP contribution in [0.4, 0.5) is 5.69 Å². The van der Waals surface area contributed by atoms with Crippen LogP contribution in [-0.2, 0) is 0 Å². The first-order valence-electron chi connectivity index (χ1n) is 8.37. The van der Waals surface area contributed by atoms with Gasteiger partial charge < -0.3 is 24.5 Å². The summed E-state index contributed by atoms with van der Waals surface area (Å²) in [5.74, 6) is 1.89. The number of nitrogens with one attached hydrogen (secondary N) is 1. The Labute approximate surface area is 165 Å². The van der Waals surface area contributed by atoms with Gasteiger partial charge in [0.25, 0.3) is 0 Å². The Morgan fingerprint density at radius 1 is 0.926 bits per heavy atom. The van der Waals surface area contributed by atoms with Crippen molar-refractivity contribution in [2.24, 2.45) is 0 Å². The quantitative estimate of drug-likeness (QED) is 0.528. The number of methoxy groups -OCH3 is 3. The molecule has 0 aliphatic carbocycles. The normalized spacial score (nSPS) is 11.5. The minimum atomic E-state index is 0.602. The van der Waals surface area contributed by atoms with Crippen molar-refractivity contribution in [2.45, 2.75) is 0 Å². The van der Waals surface area contributed by atoms with E-state index < -0.39 is 0 Å². The van der Waals surface area contributed by atoms with Crippen molar-refractivity contribution in [3.8, 4) is 17.2 Å². The number of ether oxygens (including phenoxy) is 3. The molecular formula is C21H26N2O3S. The number of anilines is 1. The first-order chi connectivity index (χ1) is 13.0. The molecule has 0 amide bonds. The molecule has 2 rings (SSSR count). The summed E-state index contributed by atoms with van der Waals surface area (Å²) in [4.78, 5) is 2.98. The van der Waals surface area contributed by atoms with Crippen molar-refractivity contribution in [3.63, 3.8) is 0 Å². The first kappa shape index (κ1) is 20.7. The van der Waals surface area contributed by atoms with Gasteiger partial charge in [-0.2, -0.15) is 0 Å². The van der Waals surface area contributed by atoms with E-state index in [2.05, 4.69) is 0 Å². The molecule has 0 saturated carbocycles. The molecule has 0 radical (unpaired) electrons. The zero-order valence-electron chi connectivity index (χ0n) is 16.6. The van der Waals surface area contributed by atoms with Gasteiger partial charge in [0.05, 0.1) is 21.3 Å². The fourth-order valence-electron chi connectivity index (χ4n) is 2.79.